The lowest BCUT2D eigenvalue weighted by atomic mass is 10.00. The van der Waals surface area contributed by atoms with Gasteiger partial charge in [0.15, 0.2) is 4.34 Å². The highest BCUT2D eigenvalue weighted by Crippen LogP contribution is 2.28. The number of rotatable bonds is 3. The highest BCUT2D eigenvalue weighted by atomic mass is 32.2. The molecule has 1 atom stereocenters. The molecule has 0 saturated heterocycles. The third-order valence-corrected chi connectivity index (χ3v) is 5.59. The van der Waals surface area contributed by atoms with Gasteiger partial charge in [-0.1, -0.05) is 47.4 Å². The Balaban J connectivity index is 1.66. The van der Waals surface area contributed by atoms with Gasteiger partial charge in [0.05, 0.1) is 5.25 Å². The first-order valence-electron chi connectivity index (χ1n) is 6.96. The van der Waals surface area contributed by atoms with E-state index in [0.29, 0.717) is 0 Å². The molecule has 1 aliphatic heterocycles. The van der Waals surface area contributed by atoms with Crippen LogP contribution in [0, 0.1) is 6.92 Å². The summed E-state index contributed by atoms with van der Waals surface area (Å²) in [4.78, 5) is 14.5. The molecule has 0 bridgehead atoms. The van der Waals surface area contributed by atoms with Crippen LogP contribution in [0.25, 0.3) is 0 Å². The van der Waals surface area contributed by atoms with Crippen LogP contribution in [0.4, 0.5) is 0 Å². The van der Waals surface area contributed by atoms with Gasteiger partial charge in [0, 0.05) is 13.1 Å². The Bertz CT molecular complexity index is 656. The molecular formula is C15H17N3OS2. The number of hydrogen-bond acceptors (Lipinski definition) is 5. The fourth-order valence-corrected chi connectivity index (χ4v) is 4.51. The Morgan fingerprint density at radius 3 is 2.81 bits per heavy atom. The number of nitrogens with zero attached hydrogens (tertiary/aromatic N) is 3. The fraction of sp³-hybridized carbons (Fsp3) is 0.400. The highest BCUT2D eigenvalue weighted by molar-refractivity contribution is 8.02. The van der Waals surface area contributed by atoms with Crippen molar-refractivity contribution < 1.29 is 4.79 Å². The van der Waals surface area contributed by atoms with Crippen molar-refractivity contribution >= 4 is 29.0 Å². The van der Waals surface area contributed by atoms with Gasteiger partial charge in [-0.05, 0) is 31.4 Å². The van der Waals surface area contributed by atoms with Gasteiger partial charge in [-0.25, -0.2) is 0 Å². The predicted molar refractivity (Wildman–Crippen MR) is 85.5 cm³/mol. The summed E-state index contributed by atoms with van der Waals surface area (Å²) in [6.45, 7) is 5.39. The number of amides is 1. The zero-order valence-corrected chi connectivity index (χ0v) is 13.7. The molecule has 4 nitrogen and oxygen atoms in total. The molecule has 21 heavy (non-hydrogen) atoms. The summed E-state index contributed by atoms with van der Waals surface area (Å²) >= 11 is 3.04. The summed E-state index contributed by atoms with van der Waals surface area (Å²) in [5, 5.41) is 8.89. The Morgan fingerprint density at radius 1 is 1.33 bits per heavy atom. The van der Waals surface area contributed by atoms with E-state index in [-0.39, 0.29) is 11.2 Å². The zero-order valence-electron chi connectivity index (χ0n) is 12.1. The fourth-order valence-electron chi connectivity index (χ4n) is 2.47. The number of benzene rings is 1. The molecule has 0 N–H and O–H groups in total. The van der Waals surface area contributed by atoms with E-state index in [9.17, 15) is 4.79 Å². The number of carbonyl (C=O) groups is 1. The average Bonchev–Trinajstić information content (AvgIpc) is 2.91. The minimum Gasteiger partial charge on any atom is -0.337 e. The predicted octanol–water partition coefficient (Wildman–Crippen LogP) is 2.91. The number of carbonyl (C=O) groups excluding carboxylic acids is 1. The summed E-state index contributed by atoms with van der Waals surface area (Å²) in [5.74, 6) is 0.183. The van der Waals surface area contributed by atoms with E-state index < -0.39 is 0 Å². The van der Waals surface area contributed by atoms with E-state index in [1.54, 1.807) is 0 Å². The van der Waals surface area contributed by atoms with Crippen LogP contribution in [0.1, 0.15) is 23.1 Å². The van der Waals surface area contributed by atoms with Crippen molar-refractivity contribution in [3.63, 3.8) is 0 Å². The Morgan fingerprint density at radius 2 is 2.10 bits per heavy atom. The van der Waals surface area contributed by atoms with Crippen molar-refractivity contribution in [3.8, 4) is 0 Å². The van der Waals surface area contributed by atoms with E-state index in [1.165, 1.54) is 34.2 Å². The maximum Gasteiger partial charge on any atom is 0.236 e. The molecule has 0 aliphatic carbocycles. The van der Waals surface area contributed by atoms with Gasteiger partial charge in [0.2, 0.25) is 5.91 Å². The molecule has 2 aromatic rings. The molecule has 2 heterocycles. The number of thioether (sulfide) groups is 1. The third kappa shape index (κ3) is 3.27. The largest absolute Gasteiger partial charge is 0.337 e. The molecule has 1 amide bonds. The SMILES string of the molecule is Cc1nnc(S[C@H](C)C(=O)N2CCc3ccccc3C2)s1. The Labute approximate surface area is 132 Å². The Hall–Kier alpha value is -1.40. The van der Waals surface area contributed by atoms with E-state index >= 15 is 0 Å². The van der Waals surface area contributed by atoms with Gasteiger partial charge in [-0.3, -0.25) is 4.79 Å². The average molecular weight is 319 g/mol. The maximum absolute atomic E-state index is 12.6. The molecule has 1 aliphatic rings. The summed E-state index contributed by atoms with van der Waals surface area (Å²) in [6, 6.07) is 8.36. The monoisotopic (exact) mass is 319 g/mol. The lowest BCUT2D eigenvalue weighted by molar-refractivity contribution is -0.131. The summed E-state index contributed by atoms with van der Waals surface area (Å²) in [5.41, 5.74) is 2.63. The van der Waals surface area contributed by atoms with Crippen LogP contribution in [-0.4, -0.2) is 32.8 Å². The topological polar surface area (TPSA) is 46.1 Å². The second-order valence-corrected chi connectivity index (χ2v) is 7.90. The molecule has 6 heteroatoms. The van der Waals surface area contributed by atoms with Gasteiger partial charge in [-0.2, -0.15) is 0 Å². The summed E-state index contributed by atoms with van der Waals surface area (Å²) < 4.78 is 0.866. The van der Waals surface area contributed by atoms with E-state index in [0.717, 1.165) is 28.9 Å². The molecule has 3 rings (SSSR count). The Kier molecular flexibility index (Phi) is 4.26. The second-order valence-electron chi connectivity index (χ2n) is 5.13. The van der Waals surface area contributed by atoms with Gasteiger partial charge in [0.25, 0.3) is 0 Å². The molecular weight excluding hydrogens is 302 g/mol. The van der Waals surface area contributed by atoms with Crippen LogP contribution in [0.5, 0.6) is 0 Å². The lowest BCUT2D eigenvalue weighted by Gasteiger charge is -2.30. The summed E-state index contributed by atoms with van der Waals surface area (Å²) in [7, 11) is 0. The van der Waals surface area contributed by atoms with Crippen molar-refractivity contribution in [1.82, 2.24) is 15.1 Å². The molecule has 0 unspecified atom stereocenters. The van der Waals surface area contributed by atoms with E-state index in [4.69, 9.17) is 0 Å². The van der Waals surface area contributed by atoms with Crippen LogP contribution in [-0.2, 0) is 17.8 Å². The zero-order chi connectivity index (χ0) is 14.8. The number of aromatic nitrogens is 2. The third-order valence-electron chi connectivity index (χ3n) is 3.58. The first kappa shape index (κ1) is 14.5. The molecule has 1 aromatic carbocycles. The van der Waals surface area contributed by atoms with Crippen molar-refractivity contribution in [2.24, 2.45) is 0 Å². The first-order chi connectivity index (χ1) is 10.1. The van der Waals surface area contributed by atoms with Gasteiger partial charge < -0.3 is 4.90 Å². The number of aryl methyl sites for hydroxylation is 1. The van der Waals surface area contributed by atoms with Crippen LogP contribution in [0.2, 0.25) is 0 Å². The van der Waals surface area contributed by atoms with Crippen LogP contribution >= 0.6 is 23.1 Å². The molecule has 0 fully saturated rings. The van der Waals surface area contributed by atoms with E-state index in [1.807, 2.05) is 24.8 Å². The second kappa shape index (κ2) is 6.15. The van der Waals surface area contributed by atoms with Gasteiger partial charge in [0.1, 0.15) is 5.01 Å². The minimum atomic E-state index is -0.123. The van der Waals surface area contributed by atoms with E-state index in [2.05, 4.69) is 28.4 Å². The molecule has 0 radical (unpaired) electrons. The van der Waals surface area contributed by atoms with Crippen LogP contribution in [0.15, 0.2) is 28.6 Å². The minimum absolute atomic E-state index is 0.123. The smallest absolute Gasteiger partial charge is 0.236 e. The summed E-state index contributed by atoms with van der Waals surface area (Å²) in [6.07, 6.45) is 0.942. The van der Waals surface area contributed by atoms with Gasteiger partial charge >= 0.3 is 0 Å². The number of hydrogen-bond donors (Lipinski definition) is 0. The first-order valence-corrected chi connectivity index (χ1v) is 8.65. The van der Waals surface area contributed by atoms with Crippen molar-refractivity contribution in [2.75, 3.05) is 6.54 Å². The highest BCUT2D eigenvalue weighted by Gasteiger charge is 2.25. The van der Waals surface area contributed by atoms with Crippen molar-refractivity contribution in [2.45, 2.75) is 36.4 Å². The number of fused-ring (bicyclic) bond motifs is 1. The van der Waals surface area contributed by atoms with Crippen LogP contribution < -0.4 is 0 Å². The lowest BCUT2D eigenvalue weighted by Crippen LogP contribution is -2.40. The normalized spacial score (nSPS) is 15.6. The van der Waals surface area contributed by atoms with Crippen molar-refractivity contribution in [1.29, 1.82) is 0 Å². The molecule has 0 saturated carbocycles. The van der Waals surface area contributed by atoms with Crippen molar-refractivity contribution in [3.05, 3.63) is 40.4 Å². The molecule has 1 aromatic heterocycles. The van der Waals surface area contributed by atoms with Gasteiger partial charge in [-0.15, -0.1) is 10.2 Å². The quantitative estimate of drug-likeness (QED) is 0.816. The maximum atomic E-state index is 12.6. The van der Waals surface area contributed by atoms with Crippen LogP contribution in [0.3, 0.4) is 0 Å². The molecule has 110 valence electrons. The molecule has 0 spiro atoms. The standard InChI is InChI=1S/C15H17N3OS2/c1-10(20-15-17-16-11(2)21-15)14(19)18-8-7-12-5-3-4-6-13(12)9-18/h3-6,10H,7-9H2,1-2H3/t10-/m1/s1.